The molecule has 0 aliphatic rings. The maximum absolute atomic E-state index is 14.0. The molecule has 2 aromatic carbocycles. The van der Waals surface area contributed by atoms with Crippen LogP contribution >= 0.6 is 15.9 Å². The van der Waals surface area contributed by atoms with Crippen LogP contribution in [0.2, 0.25) is 0 Å². The van der Waals surface area contributed by atoms with Gasteiger partial charge in [0.1, 0.15) is 23.3 Å². The van der Waals surface area contributed by atoms with Gasteiger partial charge >= 0.3 is 0 Å². The molecular formula is C15H12BrF4N. The average Bonchev–Trinajstić information content (AvgIpc) is 2.39. The van der Waals surface area contributed by atoms with Crippen molar-refractivity contribution in [2.45, 2.75) is 12.5 Å². The Bertz CT molecular complexity index is 617. The van der Waals surface area contributed by atoms with E-state index in [1.54, 1.807) is 0 Å². The van der Waals surface area contributed by atoms with Crippen molar-refractivity contribution in [3.8, 4) is 0 Å². The molecule has 0 radical (unpaired) electrons. The van der Waals surface area contributed by atoms with Crippen molar-refractivity contribution in [1.29, 1.82) is 0 Å². The van der Waals surface area contributed by atoms with Gasteiger partial charge in [-0.2, -0.15) is 0 Å². The number of hydrogen-bond donors (Lipinski definition) is 1. The summed E-state index contributed by atoms with van der Waals surface area (Å²) in [4.78, 5) is 0. The predicted octanol–water partition coefficient (Wildman–Crippen LogP) is 4.51. The van der Waals surface area contributed by atoms with Gasteiger partial charge in [-0.15, -0.1) is 0 Å². The molecule has 21 heavy (non-hydrogen) atoms. The lowest BCUT2D eigenvalue weighted by Crippen LogP contribution is -2.22. The molecule has 0 fully saturated rings. The molecule has 0 aliphatic carbocycles. The Balaban J connectivity index is 2.42. The van der Waals surface area contributed by atoms with Crippen molar-refractivity contribution < 1.29 is 17.6 Å². The molecule has 0 bridgehead atoms. The Labute approximate surface area is 128 Å². The van der Waals surface area contributed by atoms with E-state index in [9.17, 15) is 17.6 Å². The van der Waals surface area contributed by atoms with Crippen molar-refractivity contribution in [1.82, 2.24) is 5.32 Å². The monoisotopic (exact) mass is 361 g/mol. The van der Waals surface area contributed by atoms with Crippen LogP contribution < -0.4 is 5.32 Å². The molecule has 0 spiro atoms. The minimum atomic E-state index is -0.885. The summed E-state index contributed by atoms with van der Waals surface area (Å²) < 4.78 is 55.5. The number of benzene rings is 2. The van der Waals surface area contributed by atoms with Crippen LogP contribution in [0.5, 0.6) is 0 Å². The van der Waals surface area contributed by atoms with Gasteiger partial charge in [0.2, 0.25) is 0 Å². The van der Waals surface area contributed by atoms with Gasteiger partial charge in [-0.3, -0.25) is 0 Å². The maximum Gasteiger partial charge on any atom is 0.132 e. The third-order valence-electron chi connectivity index (χ3n) is 3.21. The minimum Gasteiger partial charge on any atom is -0.313 e. The Kier molecular flexibility index (Phi) is 5.00. The van der Waals surface area contributed by atoms with Crippen LogP contribution in [0.4, 0.5) is 17.6 Å². The first-order valence-electron chi connectivity index (χ1n) is 6.18. The summed E-state index contributed by atoms with van der Waals surface area (Å²) in [5, 5.41) is 2.69. The summed E-state index contributed by atoms with van der Waals surface area (Å²) in [5.74, 6) is -3.04. The van der Waals surface area contributed by atoms with Crippen molar-refractivity contribution in [3.05, 3.63) is 69.2 Å². The second kappa shape index (κ2) is 6.58. The number of hydrogen-bond acceptors (Lipinski definition) is 1. The second-order valence-electron chi connectivity index (χ2n) is 4.53. The highest BCUT2D eigenvalue weighted by Crippen LogP contribution is 2.28. The Morgan fingerprint density at radius 1 is 1.00 bits per heavy atom. The molecule has 2 aromatic rings. The van der Waals surface area contributed by atoms with Crippen molar-refractivity contribution >= 4 is 15.9 Å². The van der Waals surface area contributed by atoms with Gasteiger partial charge in [-0.05, 0) is 37.7 Å². The average molecular weight is 362 g/mol. The fraction of sp³-hybridized carbons (Fsp3) is 0.200. The van der Waals surface area contributed by atoms with E-state index in [1.165, 1.54) is 13.1 Å². The van der Waals surface area contributed by atoms with E-state index < -0.39 is 29.3 Å². The molecule has 0 saturated heterocycles. The molecule has 1 unspecified atom stereocenters. The molecule has 0 aliphatic heterocycles. The smallest absolute Gasteiger partial charge is 0.132 e. The van der Waals surface area contributed by atoms with Crippen LogP contribution in [-0.4, -0.2) is 7.05 Å². The Morgan fingerprint density at radius 3 is 2.00 bits per heavy atom. The van der Waals surface area contributed by atoms with Gasteiger partial charge in [-0.1, -0.05) is 22.0 Å². The minimum absolute atomic E-state index is 0.204. The number of rotatable bonds is 4. The van der Waals surface area contributed by atoms with Crippen LogP contribution in [0.15, 0.2) is 34.8 Å². The molecule has 1 N–H and O–H groups in total. The highest BCUT2D eigenvalue weighted by Gasteiger charge is 2.22. The van der Waals surface area contributed by atoms with Crippen LogP contribution in [-0.2, 0) is 6.42 Å². The fourth-order valence-corrected chi connectivity index (χ4v) is 2.57. The van der Waals surface area contributed by atoms with E-state index in [0.29, 0.717) is 0 Å². The quantitative estimate of drug-likeness (QED) is 0.790. The lowest BCUT2D eigenvalue weighted by Gasteiger charge is -2.19. The molecule has 0 aromatic heterocycles. The van der Waals surface area contributed by atoms with E-state index in [2.05, 4.69) is 21.2 Å². The van der Waals surface area contributed by atoms with Crippen LogP contribution in [0.3, 0.4) is 0 Å². The van der Waals surface area contributed by atoms with Gasteiger partial charge in [0.05, 0.1) is 0 Å². The van der Waals surface area contributed by atoms with Crippen molar-refractivity contribution in [3.63, 3.8) is 0 Å². The summed E-state index contributed by atoms with van der Waals surface area (Å²) in [6.45, 7) is 0. The zero-order chi connectivity index (χ0) is 15.6. The van der Waals surface area contributed by atoms with E-state index in [4.69, 9.17) is 0 Å². The number of nitrogens with one attached hydrogen (secondary N) is 1. The molecule has 2 rings (SSSR count). The van der Waals surface area contributed by atoms with E-state index in [0.717, 1.165) is 24.3 Å². The first-order chi connectivity index (χ1) is 9.93. The van der Waals surface area contributed by atoms with E-state index >= 15 is 0 Å². The summed E-state index contributed by atoms with van der Waals surface area (Å²) in [6.07, 6.45) is -0.204. The Morgan fingerprint density at radius 2 is 1.52 bits per heavy atom. The van der Waals surface area contributed by atoms with Crippen LogP contribution in [0, 0.1) is 23.3 Å². The molecule has 1 atom stereocenters. The normalized spacial score (nSPS) is 12.5. The van der Waals surface area contributed by atoms with Gasteiger partial charge in [0.15, 0.2) is 0 Å². The molecule has 6 heteroatoms. The van der Waals surface area contributed by atoms with E-state index in [1.807, 2.05) is 0 Å². The largest absolute Gasteiger partial charge is 0.313 e. The van der Waals surface area contributed by atoms with Crippen molar-refractivity contribution in [2.75, 3.05) is 7.05 Å². The molecule has 0 saturated carbocycles. The maximum atomic E-state index is 14.0. The summed E-state index contributed by atoms with van der Waals surface area (Å²) in [7, 11) is 1.48. The summed E-state index contributed by atoms with van der Waals surface area (Å²) in [5.41, 5.74) is -0.457. The van der Waals surface area contributed by atoms with Gasteiger partial charge in [0, 0.05) is 21.6 Å². The van der Waals surface area contributed by atoms with Gasteiger partial charge < -0.3 is 5.32 Å². The zero-order valence-corrected chi connectivity index (χ0v) is 12.6. The summed E-state index contributed by atoms with van der Waals surface area (Å²) in [6, 6.07) is 4.80. The van der Waals surface area contributed by atoms with Crippen LogP contribution in [0.1, 0.15) is 17.2 Å². The third kappa shape index (κ3) is 3.44. The van der Waals surface area contributed by atoms with Gasteiger partial charge in [0.25, 0.3) is 0 Å². The topological polar surface area (TPSA) is 12.0 Å². The SMILES string of the molecule is CNC(Cc1c(F)cccc1F)c1c(F)cc(Br)cc1F. The first-order valence-corrected chi connectivity index (χ1v) is 6.98. The molecular weight excluding hydrogens is 350 g/mol. The lowest BCUT2D eigenvalue weighted by molar-refractivity contribution is 0.469. The highest BCUT2D eigenvalue weighted by atomic mass is 79.9. The Hall–Kier alpha value is -1.40. The summed E-state index contributed by atoms with van der Waals surface area (Å²) >= 11 is 2.99. The molecule has 0 amide bonds. The predicted molar refractivity (Wildman–Crippen MR) is 75.9 cm³/mol. The molecule has 112 valence electrons. The highest BCUT2D eigenvalue weighted by molar-refractivity contribution is 9.10. The number of halogens is 5. The molecule has 0 heterocycles. The number of likely N-dealkylation sites (N-methyl/N-ethyl adjacent to an activating group) is 1. The third-order valence-corrected chi connectivity index (χ3v) is 3.67. The first kappa shape index (κ1) is 16.0. The fourth-order valence-electron chi connectivity index (χ4n) is 2.17. The zero-order valence-electron chi connectivity index (χ0n) is 11.1. The standard InChI is InChI=1S/C15H12BrF4N/c1-21-14(7-9-10(17)3-2-4-11(9)18)15-12(19)5-8(16)6-13(15)20/h2-6,14,21H,7H2,1H3. The van der Waals surface area contributed by atoms with Crippen LogP contribution in [0.25, 0.3) is 0 Å². The molecule has 1 nitrogen and oxygen atoms in total. The van der Waals surface area contributed by atoms with E-state index in [-0.39, 0.29) is 22.0 Å². The second-order valence-corrected chi connectivity index (χ2v) is 5.44. The van der Waals surface area contributed by atoms with Gasteiger partial charge in [-0.25, -0.2) is 17.6 Å². The van der Waals surface area contributed by atoms with Crippen molar-refractivity contribution in [2.24, 2.45) is 0 Å². The lowest BCUT2D eigenvalue weighted by atomic mass is 9.97.